The molecule has 0 aromatic heterocycles. The van der Waals surface area contributed by atoms with Gasteiger partial charge in [-0.25, -0.2) is 0 Å². The third-order valence-corrected chi connectivity index (χ3v) is 5.47. The van der Waals surface area contributed by atoms with Crippen molar-refractivity contribution in [2.45, 2.75) is 26.3 Å². The lowest BCUT2D eigenvalue weighted by Gasteiger charge is -2.25. The molecule has 6 heteroatoms. The van der Waals surface area contributed by atoms with E-state index in [0.29, 0.717) is 11.3 Å². The van der Waals surface area contributed by atoms with Crippen molar-refractivity contribution in [3.8, 4) is 5.75 Å². The zero-order valence-corrected chi connectivity index (χ0v) is 17.8. The third kappa shape index (κ3) is 3.96. The fourth-order valence-corrected chi connectivity index (χ4v) is 3.76. The van der Waals surface area contributed by atoms with Crippen molar-refractivity contribution in [1.82, 2.24) is 4.90 Å². The van der Waals surface area contributed by atoms with Gasteiger partial charge in [0.1, 0.15) is 11.5 Å². The van der Waals surface area contributed by atoms with Crippen LogP contribution in [0.4, 0.5) is 0 Å². The van der Waals surface area contributed by atoms with Gasteiger partial charge in [-0.2, -0.15) is 0 Å². The van der Waals surface area contributed by atoms with E-state index in [2.05, 4.69) is 6.92 Å². The van der Waals surface area contributed by atoms with Crippen molar-refractivity contribution in [2.24, 2.45) is 0 Å². The van der Waals surface area contributed by atoms with Crippen LogP contribution in [0.1, 0.15) is 35.2 Å². The van der Waals surface area contributed by atoms with Crippen molar-refractivity contribution in [2.75, 3.05) is 27.4 Å². The van der Waals surface area contributed by atoms with E-state index in [4.69, 9.17) is 9.47 Å². The summed E-state index contributed by atoms with van der Waals surface area (Å²) in [7, 11) is 3.11. The van der Waals surface area contributed by atoms with Crippen LogP contribution >= 0.6 is 0 Å². The van der Waals surface area contributed by atoms with Crippen LogP contribution in [0.3, 0.4) is 0 Å². The molecule has 0 radical (unpaired) electrons. The zero-order chi connectivity index (χ0) is 21.8. The summed E-state index contributed by atoms with van der Waals surface area (Å²) < 4.78 is 10.4. The van der Waals surface area contributed by atoms with Crippen LogP contribution in [-0.2, 0) is 20.7 Å². The number of nitrogens with zero attached hydrogens (tertiary/aromatic N) is 1. The number of amides is 1. The van der Waals surface area contributed by atoms with Gasteiger partial charge < -0.3 is 19.5 Å². The molecule has 1 N–H and O–H groups in total. The van der Waals surface area contributed by atoms with Gasteiger partial charge in [-0.05, 0) is 48.2 Å². The number of methoxy groups -OCH3 is 2. The average Bonchev–Trinajstić information content (AvgIpc) is 3.01. The van der Waals surface area contributed by atoms with Crippen LogP contribution in [0.5, 0.6) is 5.75 Å². The molecule has 0 spiro atoms. The fraction of sp³-hybridized carbons (Fsp3) is 0.333. The number of aryl methyl sites for hydroxylation is 2. The van der Waals surface area contributed by atoms with Crippen LogP contribution < -0.4 is 4.74 Å². The molecule has 3 rings (SSSR count). The molecule has 0 aliphatic carbocycles. The molecule has 1 atom stereocenters. The SMILES string of the molecule is CCc1ccc([C@@H]2C(=C(O)c3ccc(OC)cc3C)C(=O)C(=O)N2CCOC)cc1. The third-order valence-electron chi connectivity index (χ3n) is 5.47. The first-order valence-corrected chi connectivity index (χ1v) is 9.94. The summed E-state index contributed by atoms with van der Waals surface area (Å²) in [5, 5.41) is 11.1. The van der Waals surface area contributed by atoms with Gasteiger partial charge in [0, 0.05) is 19.2 Å². The highest BCUT2D eigenvalue weighted by molar-refractivity contribution is 6.46. The van der Waals surface area contributed by atoms with Crippen LogP contribution in [-0.4, -0.2) is 49.1 Å². The second kappa shape index (κ2) is 9.13. The molecule has 0 unspecified atom stereocenters. The summed E-state index contributed by atoms with van der Waals surface area (Å²) in [5.41, 5.74) is 3.26. The maximum atomic E-state index is 13.0. The monoisotopic (exact) mass is 409 g/mol. The maximum absolute atomic E-state index is 13.0. The van der Waals surface area contributed by atoms with Gasteiger partial charge in [-0.1, -0.05) is 31.2 Å². The Morgan fingerprint density at radius 3 is 2.37 bits per heavy atom. The number of likely N-dealkylation sites (tertiary alicyclic amines) is 1. The van der Waals surface area contributed by atoms with Crippen LogP contribution in [0.15, 0.2) is 48.0 Å². The van der Waals surface area contributed by atoms with E-state index in [1.807, 2.05) is 31.2 Å². The Morgan fingerprint density at radius 2 is 1.80 bits per heavy atom. The van der Waals surface area contributed by atoms with Gasteiger partial charge in [0.25, 0.3) is 11.7 Å². The molecule has 0 saturated carbocycles. The van der Waals surface area contributed by atoms with Gasteiger partial charge >= 0.3 is 0 Å². The summed E-state index contributed by atoms with van der Waals surface area (Å²) in [5.74, 6) is -0.859. The minimum Gasteiger partial charge on any atom is -0.507 e. The predicted molar refractivity (Wildman–Crippen MR) is 114 cm³/mol. The lowest BCUT2D eigenvalue weighted by Crippen LogP contribution is -2.32. The highest BCUT2D eigenvalue weighted by atomic mass is 16.5. The molecule has 2 aromatic rings. The lowest BCUT2D eigenvalue weighted by atomic mass is 9.93. The van der Waals surface area contributed by atoms with E-state index in [-0.39, 0.29) is 24.5 Å². The van der Waals surface area contributed by atoms with Gasteiger partial charge in [-0.15, -0.1) is 0 Å². The Labute approximate surface area is 176 Å². The van der Waals surface area contributed by atoms with Gasteiger partial charge in [0.15, 0.2) is 0 Å². The fourth-order valence-electron chi connectivity index (χ4n) is 3.76. The number of ketones is 1. The van der Waals surface area contributed by atoms with Gasteiger partial charge in [-0.3, -0.25) is 9.59 Å². The number of rotatable bonds is 7. The summed E-state index contributed by atoms with van der Waals surface area (Å²) in [6.45, 7) is 4.42. The normalized spacial score (nSPS) is 18.1. The molecule has 6 nitrogen and oxygen atoms in total. The first kappa shape index (κ1) is 21.6. The van der Waals surface area contributed by atoms with E-state index in [1.165, 1.54) is 4.90 Å². The Bertz CT molecular complexity index is 978. The van der Waals surface area contributed by atoms with E-state index in [1.54, 1.807) is 32.4 Å². The number of hydrogen-bond acceptors (Lipinski definition) is 5. The van der Waals surface area contributed by atoms with Crippen molar-refractivity contribution in [3.05, 3.63) is 70.3 Å². The smallest absolute Gasteiger partial charge is 0.295 e. The molecule has 1 saturated heterocycles. The van der Waals surface area contributed by atoms with Crippen molar-refractivity contribution < 1.29 is 24.2 Å². The first-order chi connectivity index (χ1) is 14.4. The number of aliphatic hydroxyl groups is 1. The highest BCUT2D eigenvalue weighted by Crippen LogP contribution is 2.40. The number of aliphatic hydroxyl groups excluding tert-OH is 1. The zero-order valence-electron chi connectivity index (χ0n) is 17.8. The van der Waals surface area contributed by atoms with Crippen molar-refractivity contribution in [3.63, 3.8) is 0 Å². The Hall–Kier alpha value is -3.12. The van der Waals surface area contributed by atoms with Crippen LogP contribution in [0.2, 0.25) is 0 Å². The van der Waals surface area contributed by atoms with Gasteiger partial charge in [0.2, 0.25) is 0 Å². The van der Waals surface area contributed by atoms with Crippen LogP contribution in [0, 0.1) is 6.92 Å². The molecule has 1 fully saturated rings. The van der Waals surface area contributed by atoms with Crippen LogP contribution in [0.25, 0.3) is 5.76 Å². The topological polar surface area (TPSA) is 76.1 Å². The lowest BCUT2D eigenvalue weighted by molar-refractivity contribution is -0.140. The summed E-state index contributed by atoms with van der Waals surface area (Å²) in [6.07, 6.45) is 0.884. The molecule has 1 aliphatic heterocycles. The Morgan fingerprint density at radius 1 is 1.10 bits per heavy atom. The van der Waals surface area contributed by atoms with E-state index >= 15 is 0 Å². The number of hydrogen-bond donors (Lipinski definition) is 1. The molecule has 0 bridgehead atoms. The molecule has 2 aromatic carbocycles. The van der Waals surface area contributed by atoms with E-state index in [0.717, 1.165) is 23.1 Å². The van der Waals surface area contributed by atoms with E-state index in [9.17, 15) is 14.7 Å². The van der Waals surface area contributed by atoms with Crippen molar-refractivity contribution in [1.29, 1.82) is 0 Å². The molecule has 1 amide bonds. The molecule has 30 heavy (non-hydrogen) atoms. The van der Waals surface area contributed by atoms with E-state index < -0.39 is 17.7 Å². The van der Waals surface area contributed by atoms with Crippen molar-refractivity contribution >= 4 is 17.4 Å². The second-order valence-electron chi connectivity index (χ2n) is 7.26. The number of Topliss-reactive ketones (excluding diaryl/α,β-unsaturated/α-hetero) is 1. The molecular weight excluding hydrogens is 382 g/mol. The molecule has 158 valence electrons. The molecule has 1 aliphatic rings. The minimum absolute atomic E-state index is 0.0913. The number of carbonyl (C=O) groups excluding carboxylic acids is 2. The Balaban J connectivity index is 2.16. The summed E-state index contributed by atoms with van der Waals surface area (Å²) >= 11 is 0. The number of benzene rings is 2. The highest BCUT2D eigenvalue weighted by Gasteiger charge is 2.45. The predicted octanol–water partition coefficient (Wildman–Crippen LogP) is 3.63. The second-order valence-corrected chi connectivity index (χ2v) is 7.26. The standard InChI is InChI=1S/C24H27NO5/c1-5-16-6-8-17(9-7-16)21-20(23(27)24(28)25(21)12-13-29-3)22(26)19-11-10-18(30-4)14-15(19)2/h6-11,14,21,26H,5,12-13H2,1-4H3/t21-/m1/s1. The summed E-state index contributed by atoms with van der Waals surface area (Å²) in [4.78, 5) is 27.2. The maximum Gasteiger partial charge on any atom is 0.295 e. The molecular formula is C24H27NO5. The number of carbonyl (C=O) groups is 2. The largest absolute Gasteiger partial charge is 0.507 e. The van der Waals surface area contributed by atoms with Gasteiger partial charge in [0.05, 0.1) is 25.3 Å². The molecule has 1 heterocycles. The number of ether oxygens (including phenoxy) is 2. The first-order valence-electron chi connectivity index (χ1n) is 9.94. The average molecular weight is 409 g/mol. The quantitative estimate of drug-likeness (QED) is 0.429. The summed E-state index contributed by atoms with van der Waals surface area (Å²) in [6, 6.07) is 12.3. The Kier molecular flexibility index (Phi) is 6.57. The minimum atomic E-state index is -0.691.